The van der Waals surface area contributed by atoms with Crippen LogP contribution in [0.1, 0.15) is 11.1 Å². The van der Waals surface area contributed by atoms with Crippen LogP contribution >= 0.6 is 0 Å². The summed E-state index contributed by atoms with van der Waals surface area (Å²) in [4.78, 5) is 12.1. The normalized spacial score (nSPS) is 16.1. The fourth-order valence-electron chi connectivity index (χ4n) is 2.56. The highest BCUT2D eigenvalue weighted by molar-refractivity contribution is 5.87. The molecule has 0 fully saturated rings. The first kappa shape index (κ1) is 13.6. The molecule has 2 aromatic carbocycles. The number of anilines is 1. The predicted molar refractivity (Wildman–Crippen MR) is 80.7 cm³/mol. The van der Waals surface area contributed by atoms with Crippen molar-refractivity contribution >= 4 is 11.6 Å². The van der Waals surface area contributed by atoms with Crippen LogP contribution in [0.3, 0.4) is 0 Å². The lowest BCUT2D eigenvalue weighted by molar-refractivity contribution is -0.121. The lowest BCUT2D eigenvalue weighted by Gasteiger charge is -2.12. The molecule has 1 aliphatic heterocycles. The van der Waals surface area contributed by atoms with Crippen molar-refractivity contribution in [2.24, 2.45) is 0 Å². The maximum atomic E-state index is 12.8. The molecule has 0 saturated carbocycles. The van der Waals surface area contributed by atoms with Crippen LogP contribution in [0.5, 0.6) is 0 Å². The van der Waals surface area contributed by atoms with Gasteiger partial charge in [0.2, 0.25) is 5.91 Å². The molecule has 1 amide bonds. The van der Waals surface area contributed by atoms with Crippen molar-refractivity contribution in [2.45, 2.75) is 18.9 Å². The Kier molecular flexibility index (Phi) is 3.86. The average Bonchev–Trinajstić information content (AvgIpc) is 2.93. The first-order valence-corrected chi connectivity index (χ1v) is 7.09. The maximum Gasteiger partial charge on any atom is 0.242 e. The van der Waals surface area contributed by atoms with Gasteiger partial charge in [0.05, 0.1) is 0 Å². The molecule has 0 aliphatic carbocycles. The third kappa shape index (κ3) is 3.21. The van der Waals surface area contributed by atoms with Gasteiger partial charge in [-0.1, -0.05) is 30.3 Å². The van der Waals surface area contributed by atoms with Crippen LogP contribution < -0.4 is 10.6 Å². The number of carbonyl (C=O) groups is 1. The van der Waals surface area contributed by atoms with Crippen LogP contribution in [-0.2, 0) is 17.6 Å². The van der Waals surface area contributed by atoms with E-state index in [9.17, 15) is 9.18 Å². The monoisotopic (exact) mass is 284 g/mol. The van der Waals surface area contributed by atoms with Crippen molar-refractivity contribution in [3.05, 3.63) is 65.5 Å². The fraction of sp³-hybridized carbons (Fsp3) is 0.235. The predicted octanol–water partition coefficient (Wildman–Crippen LogP) is 2.52. The molecule has 1 heterocycles. The highest BCUT2D eigenvalue weighted by Crippen LogP contribution is 2.24. The molecule has 0 unspecified atom stereocenters. The van der Waals surface area contributed by atoms with Gasteiger partial charge in [0.25, 0.3) is 0 Å². The average molecular weight is 284 g/mol. The minimum absolute atomic E-state index is 0.00770. The van der Waals surface area contributed by atoms with E-state index in [-0.39, 0.29) is 17.8 Å². The Morgan fingerprint density at radius 2 is 1.95 bits per heavy atom. The number of halogens is 1. The SMILES string of the molecule is O=C(NCCc1ccc(F)cc1)[C@@H]1Cc2ccccc2N1. The van der Waals surface area contributed by atoms with Gasteiger partial charge < -0.3 is 10.6 Å². The molecule has 3 nitrogen and oxygen atoms in total. The smallest absolute Gasteiger partial charge is 0.242 e. The number of hydrogen-bond donors (Lipinski definition) is 2. The van der Waals surface area contributed by atoms with Gasteiger partial charge in [-0.3, -0.25) is 4.79 Å². The number of carbonyl (C=O) groups excluding carboxylic acids is 1. The molecule has 0 spiro atoms. The zero-order chi connectivity index (χ0) is 14.7. The number of rotatable bonds is 4. The molecule has 0 saturated heterocycles. The summed E-state index contributed by atoms with van der Waals surface area (Å²) in [6.07, 6.45) is 1.42. The lowest BCUT2D eigenvalue weighted by Crippen LogP contribution is -2.39. The van der Waals surface area contributed by atoms with Crippen molar-refractivity contribution in [3.63, 3.8) is 0 Å². The van der Waals surface area contributed by atoms with Gasteiger partial charge in [-0.2, -0.15) is 0 Å². The number of benzene rings is 2. The van der Waals surface area contributed by atoms with Crippen LogP contribution in [0.4, 0.5) is 10.1 Å². The summed E-state index contributed by atoms with van der Waals surface area (Å²) in [6, 6.07) is 14.1. The first-order chi connectivity index (χ1) is 10.2. The summed E-state index contributed by atoms with van der Waals surface area (Å²) < 4.78 is 12.8. The Bertz CT molecular complexity index is 614. The molecule has 3 rings (SSSR count). The minimum Gasteiger partial charge on any atom is -0.373 e. The second-order valence-corrected chi connectivity index (χ2v) is 5.23. The first-order valence-electron chi connectivity index (χ1n) is 7.09. The Labute approximate surface area is 123 Å². The highest BCUT2D eigenvalue weighted by atomic mass is 19.1. The molecule has 4 heteroatoms. The molecule has 2 N–H and O–H groups in total. The molecule has 0 radical (unpaired) electrons. The summed E-state index contributed by atoms with van der Waals surface area (Å²) in [5.41, 5.74) is 3.23. The third-order valence-corrected chi connectivity index (χ3v) is 3.71. The molecular weight excluding hydrogens is 267 g/mol. The van der Waals surface area contributed by atoms with Crippen LogP contribution in [-0.4, -0.2) is 18.5 Å². The van der Waals surface area contributed by atoms with E-state index in [4.69, 9.17) is 0 Å². The number of fused-ring (bicyclic) bond motifs is 1. The molecule has 1 atom stereocenters. The number of hydrogen-bond acceptors (Lipinski definition) is 2. The van der Waals surface area contributed by atoms with Gasteiger partial charge in [-0.25, -0.2) is 4.39 Å². The van der Waals surface area contributed by atoms with E-state index in [1.165, 1.54) is 17.7 Å². The second-order valence-electron chi connectivity index (χ2n) is 5.23. The van der Waals surface area contributed by atoms with Crippen molar-refractivity contribution in [1.82, 2.24) is 5.32 Å². The van der Waals surface area contributed by atoms with Gasteiger partial charge in [0, 0.05) is 18.7 Å². The van der Waals surface area contributed by atoms with E-state index >= 15 is 0 Å². The second kappa shape index (κ2) is 5.95. The van der Waals surface area contributed by atoms with E-state index in [1.54, 1.807) is 12.1 Å². The van der Waals surface area contributed by atoms with Crippen molar-refractivity contribution in [3.8, 4) is 0 Å². The maximum absolute atomic E-state index is 12.8. The Morgan fingerprint density at radius 1 is 1.19 bits per heavy atom. The molecule has 108 valence electrons. The van der Waals surface area contributed by atoms with Crippen LogP contribution in [0.25, 0.3) is 0 Å². The number of amides is 1. The van der Waals surface area contributed by atoms with Gasteiger partial charge >= 0.3 is 0 Å². The van der Waals surface area contributed by atoms with Gasteiger partial charge in [-0.15, -0.1) is 0 Å². The summed E-state index contributed by atoms with van der Waals surface area (Å²) >= 11 is 0. The topological polar surface area (TPSA) is 41.1 Å². The molecule has 0 aromatic heterocycles. The van der Waals surface area contributed by atoms with E-state index < -0.39 is 0 Å². The Hall–Kier alpha value is -2.36. The molecule has 21 heavy (non-hydrogen) atoms. The highest BCUT2D eigenvalue weighted by Gasteiger charge is 2.25. The van der Waals surface area contributed by atoms with Crippen LogP contribution in [0.2, 0.25) is 0 Å². The Balaban J connectivity index is 1.48. The number of nitrogens with one attached hydrogen (secondary N) is 2. The lowest BCUT2D eigenvalue weighted by atomic mass is 10.1. The van der Waals surface area contributed by atoms with E-state index in [0.29, 0.717) is 13.0 Å². The van der Waals surface area contributed by atoms with Crippen molar-refractivity contribution in [1.29, 1.82) is 0 Å². The van der Waals surface area contributed by atoms with Crippen LogP contribution in [0.15, 0.2) is 48.5 Å². The third-order valence-electron chi connectivity index (χ3n) is 3.71. The van der Waals surface area contributed by atoms with E-state index in [0.717, 1.165) is 17.7 Å². The zero-order valence-electron chi connectivity index (χ0n) is 11.6. The quantitative estimate of drug-likeness (QED) is 0.906. The Morgan fingerprint density at radius 3 is 2.71 bits per heavy atom. The van der Waals surface area contributed by atoms with E-state index in [2.05, 4.69) is 10.6 Å². The largest absolute Gasteiger partial charge is 0.373 e. The molecule has 1 aliphatic rings. The van der Waals surface area contributed by atoms with Crippen molar-refractivity contribution < 1.29 is 9.18 Å². The summed E-state index contributed by atoms with van der Waals surface area (Å²) in [7, 11) is 0. The van der Waals surface area contributed by atoms with E-state index in [1.807, 2.05) is 24.3 Å². The summed E-state index contributed by atoms with van der Waals surface area (Å²) in [6.45, 7) is 0.555. The van der Waals surface area contributed by atoms with Crippen LogP contribution in [0, 0.1) is 5.82 Å². The standard InChI is InChI=1S/C17H17FN2O/c18-14-7-5-12(6-8-14)9-10-19-17(21)16-11-13-3-1-2-4-15(13)20-16/h1-8,16,20H,9-11H2,(H,19,21)/t16-/m0/s1. The number of para-hydroxylation sites is 1. The minimum atomic E-state index is -0.240. The van der Waals surface area contributed by atoms with Crippen molar-refractivity contribution in [2.75, 3.05) is 11.9 Å². The van der Waals surface area contributed by atoms with Gasteiger partial charge in [0.1, 0.15) is 11.9 Å². The summed E-state index contributed by atoms with van der Waals surface area (Å²) in [5.74, 6) is -0.232. The fourth-order valence-corrected chi connectivity index (χ4v) is 2.56. The molecular formula is C17H17FN2O. The van der Waals surface area contributed by atoms with Gasteiger partial charge in [-0.05, 0) is 35.7 Å². The molecule has 2 aromatic rings. The van der Waals surface area contributed by atoms with Gasteiger partial charge in [0.15, 0.2) is 0 Å². The summed E-state index contributed by atoms with van der Waals surface area (Å²) in [5, 5.41) is 6.16. The zero-order valence-corrected chi connectivity index (χ0v) is 11.6. The molecule has 0 bridgehead atoms.